The summed E-state index contributed by atoms with van der Waals surface area (Å²) in [5.74, 6) is 0.586. The Morgan fingerprint density at radius 3 is 1.95 bits per heavy atom. The largest absolute Gasteiger partial charge is 0.386 e. The lowest BCUT2D eigenvalue weighted by Gasteiger charge is -2.04. The third-order valence-electron chi connectivity index (χ3n) is 3.73. The third-order valence-corrected chi connectivity index (χ3v) is 3.73. The first-order valence-electron chi connectivity index (χ1n) is 9.25. The minimum atomic E-state index is 0.586. The summed E-state index contributed by atoms with van der Waals surface area (Å²) in [5.41, 5.74) is 5.44. The maximum absolute atomic E-state index is 5.44. The summed E-state index contributed by atoms with van der Waals surface area (Å²) >= 11 is 0. The molecule has 0 rings (SSSR count). The Morgan fingerprint density at radius 2 is 1.36 bits per heavy atom. The van der Waals surface area contributed by atoms with Gasteiger partial charge in [-0.2, -0.15) is 0 Å². The van der Waals surface area contributed by atoms with Gasteiger partial charge in [-0.3, -0.25) is 0 Å². The molecule has 0 aliphatic heterocycles. The fourth-order valence-corrected chi connectivity index (χ4v) is 2.36. The monoisotopic (exact) mass is 306 g/mol. The summed E-state index contributed by atoms with van der Waals surface area (Å²) in [6.07, 6.45) is 24.7. The quantitative estimate of drug-likeness (QED) is 0.278. The Morgan fingerprint density at radius 1 is 0.818 bits per heavy atom. The molecule has 0 aromatic rings. The molecule has 0 fully saturated rings. The van der Waals surface area contributed by atoms with Crippen LogP contribution in [0.25, 0.3) is 0 Å². The van der Waals surface area contributed by atoms with Gasteiger partial charge in [-0.05, 0) is 38.5 Å². The second-order valence-corrected chi connectivity index (χ2v) is 6.04. The summed E-state index contributed by atoms with van der Waals surface area (Å²) in [6.45, 7) is 6.84. The number of unbranched alkanes of at least 4 members (excludes halogenated alkanes) is 9. The van der Waals surface area contributed by atoms with Crippen LogP contribution in [0.5, 0.6) is 0 Å². The highest BCUT2D eigenvalue weighted by molar-refractivity contribution is 4.92. The van der Waals surface area contributed by atoms with Gasteiger partial charge in [0.1, 0.15) is 0 Å². The van der Waals surface area contributed by atoms with Gasteiger partial charge in [-0.1, -0.05) is 76.3 Å². The van der Waals surface area contributed by atoms with E-state index in [1.165, 1.54) is 70.6 Å². The van der Waals surface area contributed by atoms with E-state index in [0.29, 0.717) is 5.82 Å². The van der Waals surface area contributed by atoms with Gasteiger partial charge in [-0.25, -0.2) is 0 Å². The molecule has 0 saturated carbocycles. The van der Waals surface area contributed by atoms with E-state index < -0.39 is 0 Å². The molecule has 0 bridgehead atoms. The summed E-state index contributed by atoms with van der Waals surface area (Å²) in [5, 5.41) is 3.06. The Bertz CT molecular complexity index is 292. The summed E-state index contributed by atoms with van der Waals surface area (Å²) < 4.78 is 0. The van der Waals surface area contributed by atoms with Crippen LogP contribution in [0.3, 0.4) is 0 Å². The molecule has 0 unspecified atom stereocenters. The third kappa shape index (κ3) is 18.8. The van der Waals surface area contributed by atoms with Crippen molar-refractivity contribution in [1.82, 2.24) is 5.32 Å². The van der Waals surface area contributed by atoms with E-state index in [1.807, 2.05) is 0 Å². The average molecular weight is 307 g/mol. The lowest BCUT2D eigenvalue weighted by molar-refractivity contribution is 0.584. The Hall–Kier alpha value is -1.18. The van der Waals surface area contributed by atoms with Gasteiger partial charge in [0.25, 0.3) is 0 Å². The van der Waals surface area contributed by atoms with E-state index in [4.69, 9.17) is 5.73 Å². The predicted molar refractivity (Wildman–Crippen MR) is 101 cm³/mol. The molecule has 0 heterocycles. The zero-order valence-corrected chi connectivity index (χ0v) is 14.8. The zero-order chi connectivity index (χ0) is 16.3. The molecule has 0 aromatic carbocycles. The molecule has 0 radical (unpaired) electrons. The van der Waals surface area contributed by atoms with E-state index >= 15 is 0 Å². The maximum atomic E-state index is 5.44. The number of hydrogen-bond donors (Lipinski definition) is 2. The second kappa shape index (κ2) is 17.9. The van der Waals surface area contributed by atoms with Crippen LogP contribution in [0.2, 0.25) is 0 Å². The molecular weight excluding hydrogens is 268 g/mol. The fourth-order valence-electron chi connectivity index (χ4n) is 2.36. The maximum Gasteiger partial charge on any atom is 0.0885 e. The molecule has 128 valence electrons. The fraction of sp³-hybridized carbons (Fsp3) is 0.700. The van der Waals surface area contributed by atoms with Crippen molar-refractivity contribution >= 4 is 0 Å². The lowest BCUT2D eigenvalue weighted by atomic mass is 10.1. The number of allylic oxidation sites excluding steroid dienone is 4. The summed E-state index contributed by atoms with van der Waals surface area (Å²) in [4.78, 5) is 0. The van der Waals surface area contributed by atoms with E-state index in [1.54, 1.807) is 0 Å². The van der Waals surface area contributed by atoms with Crippen LogP contribution in [-0.4, -0.2) is 6.54 Å². The van der Waals surface area contributed by atoms with Gasteiger partial charge in [0.2, 0.25) is 0 Å². The van der Waals surface area contributed by atoms with Crippen molar-refractivity contribution in [1.29, 1.82) is 0 Å². The van der Waals surface area contributed by atoms with Crippen LogP contribution in [0.15, 0.2) is 36.7 Å². The van der Waals surface area contributed by atoms with Gasteiger partial charge in [0, 0.05) is 6.54 Å². The van der Waals surface area contributed by atoms with Gasteiger partial charge in [-0.15, -0.1) is 0 Å². The van der Waals surface area contributed by atoms with E-state index in [0.717, 1.165) is 13.0 Å². The molecule has 3 N–H and O–H groups in total. The topological polar surface area (TPSA) is 38.0 Å². The lowest BCUT2D eigenvalue weighted by Crippen LogP contribution is -2.19. The Kier molecular flexibility index (Phi) is 16.9. The first-order chi connectivity index (χ1) is 10.8. The van der Waals surface area contributed by atoms with E-state index in [2.05, 4.69) is 43.1 Å². The normalized spacial score (nSPS) is 11.5. The first kappa shape index (κ1) is 20.8. The molecule has 0 spiro atoms. The van der Waals surface area contributed by atoms with Crippen molar-refractivity contribution in [3.63, 3.8) is 0 Å². The van der Waals surface area contributed by atoms with Crippen LogP contribution in [0.1, 0.15) is 84.0 Å². The highest BCUT2D eigenvalue weighted by Gasteiger charge is 1.91. The highest BCUT2D eigenvalue weighted by Crippen LogP contribution is 2.07. The smallest absolute Gasteiger partial charge is 0.0885 e. The predicted octanol–water partition coefficient (Wildman–Crippen LogP) is 5.82. The minimum Gasteiger partial charge on any atom is -0.386 e. The first-order valence-corrected chi connectivity index (χ1v) is 9.25. The summed E-state index contributed by atoms with van der Waals surface area (Å²) in [7, 11) is 0. The molecular formula is C20H38N2. The minimum absolute atomic E-state index is 0.586. The molecule has 0 aliphatic rings. The molecule has 0 aliphatic carbocycles. The molecule has 0 atom stereocenters. The zero-order valence-electron chi connectivity index (χ0n) is 14.8. The second-order valence-electron chi connectivity index (χ2n) is 6.04. The van der Waals surface area contributed by atoms with Crippen LogP contribution < -0.4 is 11.1 Å². The number of nitrogens with one attached hydrogen (secondary N) is 1. The van der Waals surface area contributed by atoms with E-state index in [-0.39, 0.29) is 0 Å². The van der Waals surface area contributed by atoms with Gasteiger partial charge >= 0.3 is 0 Å². The van der Waals surface area contributed by atoms with Crippen molar-refractivity contribution in [3.05, 3.63) is 36.7 Å². The van der Waals surface area contributed by atoms with Crippen LogP contribution in [-0.2, 0) is 0 Å². The highest BCUT2D eigenvalue weighted by atomic mass is 15.0. The van der Waals surface area contributed by atoms with Gasteiger partial charge in [0.05, 0.1) is 5.82 Å². The molecule has 22 heavy (non-hydrogen) atoms. The van der Waals surface area contributed by atoms with Crippen molar-refractivity contribution < 1.29 is 0 Å². The number of rotatable bonds is 16. The number of nitrogens with two attached hydrogens (primary N) is 1. The van der Waals surface area contributed by atoms with Crippen LogP contribution in [0, 0.1) is 0 Å². The van der Waals surface area contributed by atoms with Crippen molar-refractivity contribution in [2.45, 2.75) is 84.0 Å². The summed E-state index contributed by atoms with van der Waals surface area (Å²) in [6, 6.07) is 0. The average Bonchev–Trinajstić information content (AvgIpc) is 2.50. The standard InChI is InChI=1S/C20H38N2/c1-3-4-5-6-7-8-9-10-11-12-13-14-15-16-17-18-19-22-20(2)21/h7-8,10-11,22H,2-6,9,12-19,21H2,1H3. The molecule has 0 saturated heterocycles. The van der Waals surface area contributed by atoms with Crippen LogP contribution >= 0.6 is 0 Å². The SMILES string of the molecule is C=C(N)NCCCCCCCCC=CCC=CCCCCC. The Balaban J connectivity index is 3.15. The molecule has 2 nitrogen and oxygen atoms in total. The van der Waals surface area contributed by atoms with Gasteiger partial charge < -0.3 is 11.1 Å². The van der Waals surface area contributed by atoms with Gasteiger partial charge in [0.15, 0.2) is 0 Å². The van der Waals surface area contributed by atoms with Crippen molar-refractivity contribution in [2.24, 2.45) is 5.73 Å². The van der Waals surface area contributed by atoms with Crippen molar-refractivity contribution in [2.75, 3.05) is 6.54 Å². The van der Waals surface area contributed by atoms with E-state index in [9.17, 15) is 0 Å². The molecule has 0 aromatic heterocycles. The van der Waals surface area contributed by atoms with Crippen molar-refractivity contribution in [3.8, 4) is 0 Å². The number of hydrogen-bond acceptors (Lipinski definition) is 2. The molecule has 0 amide bonds. The van der Waals surface area contributed by atoms with Crippen LogP contribution in [0.4, 0.5) is 0 Å². The molecule has 2 heteroatoms. The Labute approximate surface area is 138 Å².